The Morgan fingerprint density at radius 3 is 2.68 bits per heavy atom. The number of aromatic nitrogens is 2. The van der Waals surface area contributed by atoms with Crippen molar-refractivity contribution >= 4 is 11.8 Å². The van der Waals surface area contributed by atoms with Crippen LogP contribution in [0.1, 0.15) is 10.5 Å². The third kappa shape index (κ3) is 2.76. The van der Waals surface area contributed by atoms with E-state index in [0.29, 0.717) is 18.8 Å². The summed E-state index contributed by atoms with van der Waals surface area (Å²) >= 11 is 0. The van der Waals surface area contributed by atoms with E-state index in [9.17, 15) is 9.59 Å². The highest BCUT2D eigenvalue weighted by molar-refractivity contribution is 5.96. The molecule has 1 fully saturated rings. The minimum absolute atomic E-state index is 0.143. The van der Waals surface area contributed by atoms with Gasteiger partial charge in [0.2, 0.25) is 5.91 Å². The molecule has 1 saturated heterocycles. The molecule has 0 bridgehead atoms. The van der Waals surface area contributed by atoms with Crippen LogP contribution in [0.25, 0.3) is 0 Å². The van der Waals surface area contributed by atoms with Crippen molar-refractivity contribution in [3.8, 4) is 0 Å². The van der Waals surface area contributed by atoms with E-state index in [-0.39, 0.29) is 11.8 Å². The second-order valence-corrected chi connectivity index (χ2v) is 4.77. The van der Waals surface area contributed by atoms with Crippen molar-refractivity contribution in [1.82, 2.24) is 24.9 Å². The van der Waals surface area contributed by atoms with E-state index in [0.717, 1.165) is 6.54 Å². The Labute approximate surface area is 112 Å². The third-order valence-electron chi connectivity index (χ3n) is 3.33. The van der Waals surface area contributed by atoms with Gasteiger partial charge in [-0.3, -0.25) is 14.3 Å². The van der Waals surface area contributed by atoms with Crippen LogP contribution in [0, 0.1) is 0 Å². The first kappa shape index (κ1) is 13.5. The summed E-state index contributed by atoms with van der Waals surface area (Å²) in [5.74, 6) is -0.335. The van der Waals surface area contributed by atoms with E-state index < -0.39 is 6.04 Å². The number of nitrogens with zero attached hydrogens (tertiary/aromatic N) is 4. The topological polar surface area (TPSA) is 70.5 Å². The molecule has 2 heterocycles. The zero-order valence-corrected chi connectivity index (χ0v) is 11.5. The predicted octanol–water partition coefficient (Wildman–Crippen LogP) is -1.08. The molecule has 104 valence electrons. The summed E-state index contributed by atoms with van der Waals surface area (Å²) in [5, 5.41) is 6.72. The number of hydrogen-bond acceptors (Lipinski definition) is 4. The molecule has 7 nitrogen and oxygen atoms in total. The van der Waals surface area contributed by atoms with E-state index in [1.54, 1.807) is 35.9 Å². The minimum Gasteiger partial charge on any atom is -0.357 e. The van der Waals surface area contributed by atoms with Crippen LogP contribution in [0.5, 0.6) is 0 Å². The van der Waals surface area contributed by atoms with Crippen molar-refractivity contribution < 1.29 is 9.59 Å². The van der Waals surface area contributed by atoms with Crippen molar-refractivity contribution in [3.05, 3.63) is 18.0 Å². The fraction of sp³-hybridized carbons (Fsp3) is 0.583. The van der Waals surface area contributed by atoms with Gasteiger partial charge in [0.15, 0.2) is 0 Å². The Morgan fingerprint density at radius 2 is 2.11 bits per heavy atom. The van der Waals surface area contributed by atoms with Gasteiger partial charge in [-0.15, -0.1) is 0 Å². The number of hydrogen-bond donors (Lipinski definition) is 1. The maximum atomic E-state index is 12.4. The molecule has 0 radical (unpaired) electrons. The molecule has 7 heteroatoms. The summed E-state index contributed by atoms with van der Waals surface area (Å²) in [7, 11) is 5.29. The maximum absolute atomic E-state index is 12.4. The second kappa shape index (κ2) is 5.40. The first-order valence-corrected chi connectivity index (χ1v) is 6.23. The van der Waals surface area contributed by atoms with Gasteiger partial charge in [0, 0.05) is 39.9 Å². The Bertz CT molecular complexity index is 484. The zero-order chi connectivity index (χ0) is 14.0. The molecule has 19 heavy (non-hydrogen) atoms. The van der Waals surface area contributed by atoms with Gasteiger partial charge < -0.3 is 15.1 Å². The summed E-state index contributed by atoms with van der Waals surface area (Å²) < 4.78 is 1.58. The second-order valence-electron chi connectivity index (χ2n) is 4.77. The average molecular weight is 265 g/mol. The van der Waals surface area contributed by atoms with E-state index in [1.165, 1.54) is 0 Å². The third-order valence-corrected chi connectivity index (χ3v) is 3.33. The van der Waals surface area contributed by atoms with Crippen LogP contribution in [0.15, 0.2) is 12.3 Å². The monoisotopic (exact) mass is 265 g/mol. The molecule has 0 aliphatic carbocycles. The average Bonchev–Trinajstić information content (AvgIpc) is 2.83. The number of carbonyl (C=O) groups excluding carboxylic acids is 2. The van der Waals surface area contributed by atoms with E-state index in [4.69, 9.17) is 0 Å². The number of amides is 2. The molecule has 1 aromatic heterocycles. The summed E-state index contributed by atoms with van der Waals surface area (Å²) in [6.07, 6.45) is 1.72. The Morgan fingerprint density at radius 1 is 1.37 bits per heavy atom. The summed E-state index contributed by atoms with van der Waals surface area (Å²) in [6, 6.07) is 1.21. The molecule has 1 unspecified atom stereocenters. The molecule has 1 aliphatic heterocycles. The van der Waals surface area contributed by atoms with Gasteiger partial charge in [-0.25, -0.2) is 0 Å². The number of rotatable bonds is 2. The molecule has 0 spiro atoms. The molecule has 1 aromatic rings. The number of piperazine rings is 1. The van der Waals surface area contributed by atoms with Crippen molar-refractivity contribution in [2.45, 2.75) is 6.04 Å². The highest BCUT2D eigenvalue weighted by atomic mass is 16.2. The number of nitrogens with one attached hydrogen (secondary N) is 1. The molecule has 2 rings (SSSR count). The van der Waals surface area contributed by atoms with E-state index in [1.807, 2.05) is 11.9 Å². The fourth-order valence-electron chi connectivity index (χ4n) is 2.23. The first-order chi connectivity index (χ1) is 9.02. The lowest BCUT2D eigenvalue weighted by Gasteiger charge is -2.38. The van der Waals surface area contributed by atoms with Crippen LogP contribution >= 0.6 is 0 Å². The number of aryl methyl sites for hydroxylation is 1. The quantitative estimate of drug-likeness (QED) is 0.738. The Balaban J connectivity index is 2.20. The van der Waals surface area contributed by atoms with Crippen LogP contribution in [0.4, 0.5) is 0 Å². The van der Waals surface area contributed by atoms with Gasteiger partial charge >= 0.3 is 0 Å². The summed E-state index contributed by atoms with van der Waals surface area (Å²) in [6.45, 7) is 1.83. The zero-order valence-electron chi connectivity index (χ0n) is 11.5. The largest absolute Gasteiger partial charge is 0.357 e. The maximum Gasteiger partial charge on any atom is 0.275 e. The molecule has 1 N–H and O–H groups in total. The predicted molar refractivity (Wildman–Crippen MR) is 69.6 cm³/mol. The van der Waals surface area contributed by atoms with Gasteiger partial charge in [-0.2, -0.15) is 5.10 Å². The molecular formula is C12H19N5O2. The van der Waals surface area contributed by atoms with Crippen LogP contribution in [0.3, 0.4) is 0 Å². The number of carbonyl (C=O) groups is 2. The van der Waals surface area contributed by atoms with Crippen molar-refractivity contribution in [1.29, 1.82) is 0 Å². The Kier molecular flexibility index (Phi) is 3.84. The van der Waals surface area contributed by atoms with Gasteiger partial charge in [-0.05, 0) is 13.1 Å². The summed E-state index contributed by atoms with van der Waals surface area (Å²) in [4.78, 5) is 28.0. The normalized spacial score (nSPS) is 20.4. The lowest BCUT2D eigenvalue weighted by Crippen LogP contribution is -2.59. The minimum atomic E-state index is -0.460. The van der Waals surface area contributed by atoms with E-state index in [2.05, 4.69) is 10.4 Å². The van der Waals surface area contributed by atoms with Crippen LogP contribution < -0.4 is 5.32 Å². The molecular weight excluding hydrogens is 246 g/mol. The molecule has 1 aliphatic rings. The first-order valence-electron chi connectivity index (χ1n) is 6.23. The smallest absolute Gasteiger partial charge is 0.275 e. The fourth-order valence-corrected chi connectivity index (χ4v) is 2.23. The molecule has 0 saturated carbocycles. The van der Waals surface area contributed by atoms with Crippen molar-refractivity contribution in [3.63, 3.8) is 0 Å². The van der Waals surface area contributed by atoms with Crippen LogP contribution in [-0.2, 0) is 11.8 Å². The molecule has 2 amide bonds. The lowest BCUT2D eigenvalue weighted by molar-refractivity contribution is -0.126. The summed E-state index contributed by atoms with van der Waals surface area (Å²) in [5.41, 5.74) is 0.376. The SMILES string of the molecule is CNC(=O)C1CN(C)CCN1C(=O)c1ccn(C)n1. The van der Waals surface area contributed by atoms with Gasteiger partial charge in [0.05, 0.1) is 0 Å². The van der Waals surface area contributed by atoms with Gasteiger partial charge in [-0.1, -0.05) is 0 Å². The van der Waals surface area contributed by atoms with Crippen LogP contribution in [0.2, 0.25) is 0 Å². The molecule has 0 aromatic carbocycles. The number of likely N-dealkylation sites (N-methyl/N-ethyl adjacent to an activating group) is 2. The molecule has 1 atom stereocenters. The van der Waals surface area contributed by atoms with Gasteiger partial charge in [0.25, 0.3) is 5.91 Å². The lowest BCUT2D eigenvalue weighted by atomic mass is 10.1. The van der Waals surface area contributed by atoms with Crippen LogP contribution in [-0.4, -0.2) is 71.2 Å². The standard InChI is InChI=1S/C12H19N5O2/c1-13-11(18)10-8-15(2)6-7-17(10)12(19)9-4-5-16(3)14-9/h4-5,10H,6-8H2,1-3H3,(H,13,18). The van der Waals surface area contributed by atoms with Crippen molar-refractivity contribution in [2.24, 2.45) is 7.05 Å². The van der Waals surface area contributed by atoms with Crippen molar-refractivity contribution in [2.75, 3.05) is 33.7 Å². The van der Waals surface area contributed by atoms with Gasteiger partial charge in [0.1, 0.15) is 11.7 Å². The highest BCUT2D eigenvalue weighted by Crippen LogP contribution is 2.12. The highest BCUT2D eigenvalue weighted by Gasteiger charge is 2.34. The Hall–Kier alpha value is -1.89. The van der Waals surface area contributed by atoms with E-state index >= 15 is 0 Å².